The summed E-state index contributed by atoms with van der Waals surface area (Å²) in [5.74, 6) is -0.920. The number of halogens is 2. The second kappa shape index (κ2) is 6.68. The van der Waals surface area contributed by atoms with Crippen LogP contribution in [-0.4, -0.2) is 17.0 Å². The van der Waals surface area contributed by atoms with E-state index in [1.807, 2.05) is 30.3 Å². The Morgan fingerprint density at radius 2 is 1.93 bits per heavy atom. The molecule has 0 saturated carbocycles. The molecule has 78 valence electrons. The van der Waals surface area contributed by atoms with Crippen LogP contribution >= 0.6 is 24.0 Å². The van der Waals surface area contributed by atoms with Crippen LogP contribution in [0.15, 0.2) is 30.3 Å². The van der Waals surface area contributed by atoms with E-state index in [2.05, 4.69) is 0 Å². The number of carboxylic acid groups (broad SMARTS) is 1. The fourth-order valence-electron chi connectivity index (χ4n) is 1.23. The second-order valence-electron chi connectivity index (χ2n) is 2.78. The first-order valence-electron chi connectivity index (χ1n) is 4.09. The number of aliphatic carboxylic acids is 1. The summed E-state index contributed by atoms with van der Waals surface area (Å²) >= 11 is 5.53. The Bertz CT molecular complexity index is 275. The first kappa shape index (κ1) is 13.3. The molecule has 1 aromatic carbocycles. The molecule has 14 heavy (non-hydrogen) atoms. The van der Waals surface area contributed by atoms with Gasteiger partial charge in [0.05, 0.1) is 5.92 Å². The van der Waals surface area contributed by atoms with E-state index in [0.717, 1.165) is 5.56 Å². The van der Waals surface area contributed by atoms with Gasteiger partial charge < -0.3 is 5.11 Å². The van der Waals surface area contributed by atoms with Crippen molar-refractivity contribution in [1.29, 1.82) is 0 Å². The molecule has 0 aromatic heterocycles. The Labute approximate surface area is 94.3 Å². The molecule has 0 saturated heterocycles. The zero-order chi connectivity index (χ0) is 9.68. The van der Waals surface area contributed by atoms with Crippen molar-refractivity contribution >= 4 is 30.0 Å². The van der Waals surface area contributed by atoms with Gasteiger partial charge in [0.2, 0.25) is 0 Å². The van der Waals surface area contributed by atoms with Crippen molar-refractivity contribution in [1.82, 2.24) is 0 Å². The Balaban J connectivity index is 0.00000169. The SMILES string of the molecule is Cl.O=C(O)C(CCCl)c1ccccc1. The zero-order valence-electron chi connectivity index (χ0n) is 7.52. The highest BCUT2D eigenvalue weighted by atomic mass is 35.5. The highest BCUT2D eigenvalue weighted by molar-refractivity contribution is 6.18. The molecule has 1 aromatic rings. The van der Waals surface area contributed by atoms with E-state index in [1.54, 1.807) is 0 Å². The lowest BCUT2D eigenvalue weighted by molar-refractivity contribution is -0.138. The van der Waals surface area contributed by atoms with Gasteiger partial charge in [-0.25, -0.2) is 0 Å². The van der Waals surface area contributed by atoms with E-state index in [9.17, 15) is 4.79 Å². The number of carboxylic acids is 1. The monoisotopic (exact) mass is 234 g/mol. The zero-order valence-corrected chi connectivity index (χ0v) is 9.09. The van der Waals surface area contributed by atoms with E-state index < -0.39 is 11.9 Å². The van der Waals surface area contributed by atoms with Gasteiger partial charge in [0.15, 0.2) is 0 Å². The molecule has 0 amide bonds. The summed E-state index contributed by atoms with van der Waals surface area (Å²) in [5, 5.41) is 8.90. The summed E-state index contributed by atoms with van der Waals surface area (Å²) in [4.78, 5) is 10.8. The normalized spacial score (nSPS) is 11.5. The highest BCUT2D eigenvalue weighted by Gasteiger charge is 2.18. The molecule has 0 aliphatic heterocycles. The van der Waals surface area contributed by atoms with Crippen LogP contribution in [0.25, 0.3) is 0 Å². The molecule has 1 unspecified atom stereocenters. The molecule has 0 radical (unpaired) electrons. The average Bonchev–Trinajstić information content (AvgIpc) is 2.15. The summed E-state index contributed by atoms with van der Waals surface area (Å²) in [6, 6.07) is 9.15. The standard InChI is InChI=1S/C10H11ClO2.ClH/c11-7-6-9(10(12)13)8-4-2-1-3-5-8;/h1-5,9H,6-7H2,(H,12,13);1H. The first-order chi connectivity index (χ1) is 6.25. The highest BCUT2D eigenvalue weighted by Crippen LogP contribution is 2.19. The van der Waals surface area contributed by atoms with Gasteiger partial charge in [-0.15, -0.1) is 24.0 Å². The summed E-state index contributed by atoms with van der Waals surface area (Å²) < 4.78 is 0. The van der Waals surface area contributed by atoms with Gasteiger partial charge in [0, 0.05) is 5.88 Å². The van der Waals surface area contributed by atoms with Gasteiger partial charge in [0.25, 0.3) is 0 Å². The van der Waals surface area contributed by atoms with Crippen LogP contribution in [0.1, 0.15) is 17.9 Å². The first-order valence-corrected chi connectivity index (χ1v) is 4.63. The van der Waals surface area contributed by atoms with Crippen LogP contribution < -0.4 is 0 Å². The predicted octanol–water partition coefficient (Wildman–Crippen LogP) is 2.91. The molecular weight excluding hydrogens is 223 g/mol. The Hall–Kier alpha value is -0.730. The molecule has 0 heterocycles. The lowest BCUT2D eigenvalue weighted by Gasteiger charge is -2.09. The third kappa shape index (κ3) is 3.56. The topological polar surface area (TPSA) is 37.3 Å². The molecule has 1 N–H and O–H groups in total. The largest absolute Gasteiger partial charge is 0.481 e. The third-order valence-electron chi connectivity index (χ3n) is 1.90. The van der Waals surface area contributed by atoms with E-state index in [-0.39, 0.29) is 12.4 Å². The molecule has 2 nitrogen and oxygen atoms in total. The summed E-state index contributed by atoms with van der Waals surface area (Å²) in [5.41, 5.74) is 0.815. The minimum absolute atomic E-state index is 0. The number of hydrogen-bond acceptors (Lipinski definition) is 1. The molecular formula is C10H12Cl2O2. The number of hydrogen-bond donors (Lipinski definition) is 1. The van der Waals surface area contributed by atoms with E-state index in [4.69, 9.17) is 16.7 Å². The Morgan fingerprint density at radius 1 is 1.36 bits per heavy atom. The third-order valence-corrected chi connectivity index (χ3v) is 2.12. The van der Waals surface area contributed by atoms with Crippen molar-refractivity contribution in [3.05, 3.63) is 35.9 Å². The van der Waals surface area contributed by atoms with Crippen molar-refractivity contribution in [3.8, 4) is 0 Å². The molecule has 0 fully saturated rings. The van der Waals surface area contributed by atoms with Crippen molar-refractivity contribution in [3.63, 3.8) is 0 Å². The fraction of sp³-hybridized carbons (Fsp3) is 0.300. The fourth-order valence-corrected chi connectivity index (χ4v) is 1.45. The molecule has 1 atom stereocenters. The van der Waals surface area contributed by atoms with E-state index in [0.29, 0.717) is 12.3 Å². The summed E-state index contributed by atoms with van der Waals surface area (Å²) in [7, 11) is 0. The van der Waals surface area contributed by atoms with Crippen molar-refractivity contribution in [2.45, 2.75) is 12.3 Å². The smallest absolute Gasteiger partial charge is 0.311 e. The minimum atomic E-state index is -0.813. The van der Waals surface area contributed by atoms with Gasteiger partial charge in [-0.3, -0.25) is 4.79 Å². The Kier molecular flexibility index (Phi) is 6.34. The quantitative estimate of drug-likeness (QED) is 0.814. The maximum atomic E-state index is 10.8. The number of rotatable bonds is 4. The number of benzene rings is 1. The van der Waals surface area contributed by atoms with E-state index >= 15 is 0 Å². The lowest BCUT2D eigenvalue weighted by Crippen LogP contribution is -2.11. The van der Waals surface area contributed by atoms with Crippen molar-refractivity contribution < 1.29 is 9.90 Å². The van der Waals surface area contributed by atoms with Crippen LogP contribution in [0.2, 0.25) is 0 Å². The van der Waals surface area contributed by atoms with Gasteiger partial charge in [-0.05, 0) is 12.0 Å². The minimum Gasteiger partial charge on any atom is -0.481 e. The van der Waals surface area contributed by atoms with Crippen LogP contribution in [0.4, 0.5) is 0 Å². The van der Waals surface area contributed by atoms with Crippen LogP contribution in [0.5, 0.6) is 0 Å². The van der Waals surface area contributed by atoms with Crippen molar-refractivity contribution in [2.24, 2.45) is 0 Å². The molecule has 0 spiro atoms. The van der Waals surface area contributed by atoms with Gasteiger partial charge in [-0.1, -0.05) is 30.3 Å². The molecule has 1 rings (SSSR count). The van der Waals surface area contributed by atoms with Crippen LogP contribution in [0, 0.1) is 0 Å². The van der Waals surface area contributed by atoms with Gasteiger partial charge in [0.1, 0.15) is 0 Å². The maximum Gasteiger partial charge on any atom is 0.311 e. The molecule has 4 heteroatoms. The van der Waals surface area contributed by atoms with Crippen LogP contribution in [-0.2, 0) is 4.79 Å². The predicted molar refractivity (Wildman–Crippen MR) is 59.4 cm³/mol. The Morgan fingerprint density at radius 3 is 2.36 bits per heavy atom. The number of carbonyl (C=O) groups is 1. The lowest BCUT2D eigenvalue weighted by atomic mass is 9.97. The van der Waals surface area contributed by atoms with Gasteiger partial charge >= 0.3 is 5.97 Å². The molecule has 0 aliphatic carbocycles. The summed E-state index contributed by atoms with van der Waals surface area (Å²) in [6.07, 6.45) is 0.473. The second-order valence-corrected chi connectivity index (χ2v) is 3.16. The van der Waals surface area contributed by atoms with Crippen molar-refractivity contribution in [2.75, 3.05) is 5.88 Å². The van der Waals surface area contributed by atoms with Gasteiger partial charge in [-0.2, -0.15) is 0 Å². The molecule has 0 aliphatic rings. The maximum absolute atomic E-state index is 10.8. The molecule has 0 bridgehead atoms. The van der Waals surface area contributed by atoms with Crippen LogP contribution in [0.3, 0.4) is 0 Å². The summed E-state index contributed by atoms with van der Waals surface area (Å²) in [6.45, 7) is 0. The van der Waals surface area contributed by atoms with E-state index in [1.165, 1.54) is 0 Å². The number of alkyl halides is 1. The average molecular weight is 235 g/mol.